The van der Waals surface area contributed by atoms with Crippen LogP contribution in [0.2, 0.25) is 0 Å². The van der Waals surface area contributed by atoms with Crippen LogP contribution in [0.4, 0.5) is 13.2 Å². The average Bonchev–Trinajstić information content (AvgIpc) is 1.64. The second-order valence-electron chi connectivity index (χ2n) is 1.63. The lowest BCUT2D eigenvalue weighted by molar-refractivity contribution is -0.204. The van der Waals surface area contributed by atoms with E-state index in [4.69, 9.17) is 10.8 Å². The van der Waals surface area contributed by atoms with Gasteiger partial charge in [0.1, 0.15) is 0 Å². The SMILES string of the molecule is Cl.NCCC(O)C(F)(F)F. The topological polar surface area (TPSA) is 46.2 Å². The van der Waals surface area contributed by atoms with E-state index in [0.29, 0.717) is 0 Å². The van der Waals surface area contributed by atoms with Crippen molar-refractivity contribution in [3.8, 4) is 0 Å². The fourth-order valence-electron chi connectivity index (χ4n) is 0.322. The van der Waals surface area contributed by atoms with Crippen LogP contribution in [0.3, 0.4) is 0 Å². The monoisotopic (exact) mass is 179 g/mol. The van der Waals surface area contributed by atoms with Gasteiger partial charge in [0.05, 0.1) is 0 Å². The Kier molecular flexibility index (Phi) is 6.02. The maximum atomic E-state index is 11.3. The van der Waals surface area contributed by atoms with Crippen LogP contribution in [0, 0.1) is 0 Å². The molecule has 0 fully saturated rings. The van der Waals surface area contributed by atoms with Crippen molar-refractivity contribution in [3.05, 3.63) is 0 Å². The Bertz CT molecular complexity index is 87.1. The van der Waals surface area contributed by atoms with E-state index in [0.717, 1.165) is 0 Å². The van der Waals surface area contributed by atoms with E-state index in [1.54, 1.807) is 0 Å². The lowest BCUT2D eigenvalue weighted by atomic mass is 10.2. The average molecular weight is 180 g/mol. The van der Waals surface area contributed by atoms with Crippen molar-refractivity contribution in [2.45, 2.75) is 18.7 Å². The lowest BCUT2D eigenvalue weighted by Gasteiger charge is -2.12. The fourth-order valence-corrected chi connectivity index (χ4v) is 0.322. The first-order valence-electron chi connectivity index (χ1n) is 2.43. The van der Waals surface area contributed by atoms with Crippen molar-refractivity contribution in [3.63, 3.8) is 0 Å². The number of halogens is 4. The highest BCUT2D eigenvalue weighted by Gasteiger charge is 2.37. The van der Waals surface area contributed by atoms with Crippen molar-refractivity contribution in [2.24, 2.45) is 5.73 Å². The number of hydrogen-bond donors (Lipinski definition) is 2. The van der Waals surface area contributed by atoms with Gasteiger partial charge in [-0.2, -0.15) is 13.2 Å². The number of alkyl halides is 3. The molecule has 0 saturated heterocycles. The van der Waals surface area contributed by atoms with Gasteiger partial charge in [0.25, 0.3) is 0 Å². The molecule has 0 rings (SSSR count). The Morgan fingerprint density at radius 2 is 1.80 bits per heavy atom. The van der Waals surface area contributed by atoms with Crippen molar-refractivity contribution >= 4 is 12.4 Å². The van der Waals surface area contributed by atoms with Gasteiger partial charge in [-0.3, -0.25) is 0 Å². The number of nitrogens with two attached hydrogens (primary N) is 1. The molecule has 3 N–H and O–H groups in total. The number of aliphatic hydroxyl groups is 1. The van der Waals surface area contributed by atoms with Crippen molar-refractivity contribution in [1.82, 2.24) is 0 Å². The Morgan fingerprint density at radius 1 is 1.40 bits per heavy atom. The summed E-state index contributed by atoms with van der Waals surface area (Å²) in [5, 5.41) is 8.18. The van der Waals surface area contributed by atoms with Crippen LogP contribution in [0.15, 0.2) is 0 Å². The third-order valence-electron chi connectivity index (χ3n) is 0.818. The van der Waals surface area contributed by atoms with Gasteiger partial charge in [0.2, 0.25) is 0 Å². The highest BCUT2D eigenvalue weighted by atomic mass is 35.5. The maximum Gasteiger partial charge on any atom is 0.414 e. The molecule has 0 spiro atoms. The molecule has 2 nitrogen and oxygen atoms in total. The molecular formula is C4H9ClF3NO. The quantitative estimate of drug-likeness (QED) is 0.655. The predicted molar refractivity (Wildman–Crippen MR) is 33.0 cm³/mol. The van der Waals surface area contributed by atoms with Crippen LogP contribution < -0.4 is 5.73 Å². The van der Waals surface area contributed by atoms with E-state index >= 15 is 0 Å². The standard InChI is InChI=1S/C4H8F3NO.ClH/c5-4(6,7)3(9)1-2-8;/h3,9H,1-2,8H2;1H. The van der Waals surface area contributed by atoms with Gasteiger partial charge in [-0.05, 0) is 13.0 Å². The van der Waals surface area contributed by atoms with Crippen molar-refractivity contribution in [2.75, 3.05) is 6.54 Å². The summed E-state index contributed by atoms with van der Waals surface area (Å²) in [6, 6.07) is 0. The first-order chi connectivity index (χ1) is 3.98. The van der Waals surface area contributed by atoms with Gasteiger partial charge >= 0.3 is 6.18 Å². The molecule has 1 unspecified atom stereocenters. The maximum absolute atomic E-state index is 11.3. The zero-order valence-electron chi connectivity index (χ0n) is 5.06. The van der Waals surface area contributed by atoms with Gasteiger partial charge in [-0.15, -0.1) is 12.4 Å². The van der Waals surface area contributed by atoms with Crippen molar-refractivity contribution < 1.29 is 18.3 Å². The van der Waals surface area contributed by atoms with E-state index in [1.807, 2.05) is 0 Å². The second kappa shape index (κ2) is 4.76. The Balaban J connectivity index is 0. The highest BCUT2D eigenvalue weighted by molar-refractivity contribution is 5.85. The molecule has 0 saturated carbocycles. The molecule has 0 aliphatic carbocycles. The van der Waals surface area contributed by atoms with E-state index in [-0.39, 0.29) is 19.0 Å². The molecule has 0 aromatic carbocycles. The minimum absolute atomic E-state index is 0. The molecule has 0 radical (unpaired) electrons. The normalized spacial score (nSPS) is 14.1. The van der Waals surface area contributed by atoms with Gasteiger partial charge in [0.15, 0.2) is 6.10 Å². The van der Waals surface area contributed by atoms with Crippen molar-refractivity contribution in [1.29, 1.82) is 0 Å². The minimum atomic E-state index is -4.51. The minimum Gasteiger partial charge on any atom is -0.384 e. The summed E-state index contributed by atoms with van der Waals surface area (Å²) in [6.45, 7) is -0.152. The summed E-state index contributed by atoms with van der Waals surface area (Å²) in [4.78, 5) is 0. The molecule has 0 bridgehead atoms. The Morgan fingerprint density at radius 3 is 1.90 bits per heavy atom. The van der Waals surface area contributed by atoms with Crippen LogP contribution in [0.25, 0.3) is 0 Å². The molecular weight excluding hydrogens is 170 g/mol. The summed E-state index contributed by atoms with van der Waals surface area (Å²) in [5.74, 6) is 0. The van der Waals surface area contributed by atoms with E-state index in [2.05, 4.69) is 0 Å². The molecule has 6 heteroatoms. The molecule has 10 heavy (non-hydrogen) atoms. The first kappa shape index (κ1) is 12.7. The molecule has 0 heterocycles. The molecule has 0 aromatic heterocycles. The van der Waals surface area contributed by atoms with Crippen LogP contribution in [0.1, 0.15) is 6.42 Å². The highest BCUT2D eigenvalue weighted by Crippen LogP contribution is 2.21. The molecule has 1 atom stereocenters. The van der Waals surface area contributed by atoms with E-state index in [1.165, 1.54) is 0 Å². The van der Waals surface area contributed by atoms with Crippen LogP contribution >= 0.6 is 12.4 Å². The Labute approximate surface area is 62.6 Å². The third-order valence-corrected chi connectivity index (χ3v) is 0.818. The largest absolute Gasteiger partial charge is 0.414 e. The molecule has 0 aromatic rings. The number of hydrogen-bond acceptors (Lipinski definition) is 2. The van der Waals surface area contributed by atoms with Crippen LogP contribution in [-0.4, -0.2) is 23.9 Å². The summed E-state index contributed by atoms with van der Waals surface area (Å²) < 4.78 is 34.0. The van der Waals surface area contributed by atoms with Gasteiger partial charge in [0, 0.05) is 0 Å². The number of rotatable bonds is 2. The van der Waals surface area contributed by atoms with E-state index in [9.17, 15) is 13.2 Å². The molecule has 0 aliphatic rings. The fraction of sp³-hybridized carbons (Fsp3) is 1.00. The van der Waals surface area contributed by atoms with Crippen LogP contribution in [-0.2, 0) is 0 Å². The predicted octanol–water partition coefficient (Wildman–Crippen LogP) is 0.680. The zero-order valence-corrected chi connectivity index (χ0v) is 5.87. The number of aliphatic hydroxyl groups excluding tert-OH is 1. The summed E-state index contributed by atoms with van der Waals surface area (Å²) in [6.07, 6.45) is -7.20. The molecule has 0 aliphatic heterocycles. The molecule has 64 valence electrons. The van der Waals surface area contributed by atoms with Gasteiger partial charge < -0.3 is 10.8 Å². The molecule has 0 amide bonds. The third kappa shape index (κ3) is 4.84. The Hall–Kier alpha value is -0.0000000000000000555. The lowest BCUT2D eigenvalue weighted by Crippen LogP contribution is -2.30. The van der Waals surface area contributed by atoms with Crippen LogP contribution in [0.5, 0.6) is 0 Å². The summed E-state index contributed by atoms with van der Waals surface area (Å²) >= 11 is 0. The first-order valence-corrected chi connectivity index (χ1v) is 2.43. The van der Waals surface area contributed by atoms with Gasteiger partial charge in [-0.1, -0.05) is 0 Å². The van der Waals surface area contributed by atoms with E-state index < -0.39 is 18.7 Å². The van der Waals surface area contributed by atoms with Gasteiger partial charge in [-0.25, -0.2) is 0 Å². The summed E-state index contributed by atoms with van der Waals surface area (Å²) in [7, 11) is 0. The summed E-state index contributed by atoms with van der Waals surface area (Å²) in [5.41, 5.74) is 4.77. The second-order valence-corrected chi connectivity index (χ2v) is 1.63. The zero-order chi connectivity index (χ0) is 7.49. The smallest absolute Gasteiger partial charge is 0.384 e.